The number of hydrogen-bond donors (Lipinski definition) is 2. The number of nitrogens with two attached hydrogens (primary N) is 1. The van der Waals surface area contributed by atoms with E-state index >= 15 is 0 Å². The van der Waals surface area contributed by atoms with Gasteiger partial charge < -0.3 is 15.7 Å². The summed E-state index contributed by atoms with van der Waals surface area (Å²) in [6.07, 6.45) is -6.22. The summed E-state index contributed by atoms with van der Waals surface area (Å²) in [5, 5.41) is 10.5. The molecule has 1 heterocycles. The van der Waals surface area contributed by atoms with Gasteiger partial charge >= 0.3 is 6.18 Å². The van der Waals surface area contributed by atoms with Crippen LogP contribution in [0.25, 0.3) is 0 Å². The Hall–Kier alpha value is -1.74. The zero-order valence-electron chi connectivity index (χ0n) is 17.0. The Kier molecular flexibility index (Phi) is 6.05. The third-order valence-corrected chi connectivity index (χ3v) is 7.96. The van der Waals surface area contributed by atoms with Gasteiger partial charge in [-0.2, -0.15) is 13.2 Å². The van der Waals surface area contributed by atoms with Crippen LogP contribution in [0, 0.1) is 11.2 Å². The maximum Gasteiger partial charge on any atom is 0.402 e. The zero-order valence-corrected chi connectivity index (χ0v) is 19.3. The van der Waals surface area contributed by atoms with E-state index in [1.54, 1.807) is 0 Å². The Labute approximate surface area is 202 Å². The fourth-order valence-corrected chi connectivity index (χ4v) is 5.12. The number of benzene rings is 2. The lowest BCUT2D eigenvalue weighted by Crippen LogP contribution is -2.52. The normalized spacial score (nSPS) is 24.2. The van der Waals surface area contributed by atoms with E-state index in [0.717, 1.165) is 23.1 Å². The zero-order chi connectivity index (χ0) is 24.3. The van der Waals surface area contributed by atoms with Gasteiger partial charge in [0.25, 0.3) is 0 Å². The second kappa shape index (κ2) is 8.18. The van der Waals surface area contributed by atoms with Gasteiger partial charge in [-0.05, 0) is 61.1 Å². The van der Waals surface area contributed by atoms with Crippen molar-refractivity contribution in [1.29, 1.82) is 0 Å². The highest BCUT2D eigenvalue weighted by Crippen LogP contribution is 2.53. The molecule has 0 bridgehead atoms. The number of anilines is 1. The van der Waals surface area contributed by atoms with Crippen molar-refractivity contribution < 1.29 is 27.5 Å². The summed E-state index contributed by atoms with van der Waals surface area (Å²) in [6, 6.07) is 5.97. The van der Waals surface area contributed by atoms with Crippen LogP contribution in [0.3, 0.4) is 0 Å². The van der Waals surface area contributed by atoms with E-state index in [4.69, 9.17) is 40.5 Å². The number of nitrogens with zero attached hydrogens (tertiary/aromatic N) is 1. The number of halogens is 7. The minimum atomic E-state index is -4.88. The van der Waals surface area contributed by atoms with Crippen LogP contribution in [0.2, 0.25) is 15.1 Å². The van der Waals surface area contributed by atoms with E-state index in [-0.39, 0.29) is 44.8 Å². The van der Waals surface area contributed by atoms with Gasteiger partial charge in [0.05, 0.1) is 20.5 Å². The number of carbonyl (C=O) groups excluding carboxylic acids is 1. The molecule has 3 N–H and O–H groups in total. The minimum Gasteiger partial charge on any atom is -0.372 e. The fraction of sp³-hybridized carbons (Fsp3) is 0.409. The standard InChI is InChI=1S/C22H19Cl3F4N2O2/c23-14-7-12(8-15(24)17(14)25)21(22(27,28)29)5-6-31(19(21)33)13-2-1-11(16(26)9-13)10-20(3-4-20)18(30)32/h1-2,7-9,19,33H,3-6,10H2,(H2,30,32). The van der Waals surface area contributed by atoms with Gasteiger partial charge in [0, 0.05) is 12.2 Å². The van der Waals surface area contributed by atoms with Crippen LogP contribution in [0.15, 0.2) is 30.3 Å². The van der Waals surface area contributed by atoms with Crippen LogP contribution in [-0.4, -0.2) is 30.0 Å². The van der Waals surface area contributed by atoms with E-state index in [1.807, 2.05) is 0 Å². The van der Waals surface area contributed by atoms with Gasteiger partial charge in [-0.25, -0.2) is 4.39 Å². The quantitative estimate of drug-likeness (QED) is 0.393. The maximum atomic E-state index is 14.8. The second-order valence-electron chi connectivity index (χ2n) is 8.64. The van der Waals surface area contributed by atoms with E-state index < -0.39 is 41.4 Å². The highest BCUT2D eigenvalue weighted by atomic mass is 35.5. The molecule has 1 aliphatic heterocycles. The smallest absolute Gasteiger partial charge is 0.372 e. The molecule has 2 atom stereocenters. The van der Waals surface area contributed by atoms with Crippen molar-refractivity contribution in [2.45, 2.75) is 43.5 Å². The topological polar surface area (TPSA) is 66.6 Å². The average molecular weight is 526 g/mol. The summed E-state index contributed by atoms with van der Waals surface area (Å²) in [7, 11) is 0. The van der Waals surface area contributed by atoms with Gasteiger partial charge in [0.2, 0.25) is 5.91 Å². The molecule has 2 aliphatic rings. The minimum absolute atomic E-state index is 0.0740. The molecule has 0 spiro atoms. The number of aliphatic hydroxyl groups excluding tert-OH is 1. The first-order chi connectivity index (χ1) is 15.3. The van der Waals surface area contributed by atoms with E-state index in [1.165, 1.54) is 12.1 Å². The fourth-order valence-electron chi connectivity index (χ4n) is 4.53. The largest absolute Gasteiger partial charge is 0.402 e. The molecule has 2 fully saturated rings. The number of carbonyl (C=O) groups is 1. The van der Waals surface area contributed by atoms with Crippen molar-refractivity contribution >= 4 is 46.4 Å². The molecule has 0 aromatic heterocycles. The molecule has 11 heteroatoms. The molecule has 1 aliphatic carbocycles. The summed E-state index contributed by atoms with van der Waals surface area (Å²) in [4.78, 5) is 12.7. The molecule has 2 aromatic carbocycles. The van der Waals surface area contributed by atoms with Crippen molar-refractivity contribution in [3.8, 4) is 0 Å². The summed E-state index contributed by atoms with van der Waals surface area (Å²) in [6.45, 7) is -0.206. The monoisotopic (exact) mass is 524 g/mol. The Morgan fingerprint density at radius 1 is 1.12 bits per heavy atom. The molecule has 33 heavy (non-hydrogen) atoms. The van der Waals surface area contributed by atoms with Gasteiger partial charge in [0.15, 0.2) is 0 Å². The van der Waals surface area contributed by atoms with Gasteiger partial charge in [0.1, 0.15) is 17.5 Å². The van der Waals surface area contributed by atoms with Gasteiger partial charge in [-0.1, -0.05) is 40.9 Å². The highest BCUT2D eigenvalue weighted by molar-refractivity contribution is 6.48. The maximum absolute atomic E-state index is 14.8. The molecule has 4 nitrogen and oxygen atoms in total. The van der Waals surface area contributed by atoms with E-state index in [9.17, 15) is 27.5 Å². The van der Waals surface area contributed by atoms with Gasteiger partial charge in [-0.3, -0.25) is 4.79 Å². The van der Waals surface area contributed by atoms with Crippen LogP contribution in [0.4, 0.5) is 23.2 Å². The number of amides is 1. The summed E-state index contributed by atoms with van der Waals surface area (Å²) in [5.74, 6) is -1.19. The van der Waals surface area contributed by atoms with Crippen molar-refractivity contribution in [2.24, 2.45) is 11.1 Å². The third-order valence-electron chi connectivity index (χ3n) is 6.76. The van der Waals surface area contributed by atoms with E-state index in [2.05, 4.69) is 0 Å². The highest BCUT2D eigenvalue weighted by Gasteiger charge is 2.65. The number of aliphatic hydroxyl groups is 1. The Bertz CT molecular complexity index is 1100. The second-order valence-corrected chi connectivity index (χ2v) is 9.83. The Morgan fingerprint density at radius 3 is 2.21 bits per heavy atom. The average Bonchev–Trinajstić information content (AvgIpc) is 3.42. The molecule has 1 saturated carbocycles. The predicted molar refractivity (Wildman–Crippen MR) is 118 cm³/mol. The number of rotatable bonds is 5. The SMILES string of the molecule is NC(=O)C1(Cc2ccc(N3CCC(c4cc(Cl)c(Cl)c(Cl)c4)(C(F)(F)F)C3O)cc2F)CC1. The van der Waals surface area contributed by atoms with Crippen LogP contribution < -0.4 is 10.6 Å². The molecule has 4 rings (SSSR count). The van der Waals surface area contributed by atoms with Crippen LogP contribution in [0.1, 0.15) is 30.4 Å². The lowest BCUT2D eigenvalue weighted by atomic mass is 9.77. The van der Waals surface area contributed by atoms with Crippen LogP contribution >= 0.6 is 34.8 Å². The predicted octanol–water partition coefficient (Wildman–Crippen LogP) is 5.62. The Balaban J connectivity index is 1.69. The first kappa shape index (κ1) is 24.4. The number of primary amides is 1. The molecular formula is C22H19Cl3F4N2O2. The number of hydrogen-bond acceptors (Lipinski definition) is 3. The molecule has 1 amide bonds. The first-order valence-corrected chi connectivity index (χ1v) is 11.2. The summed E-state index contributed by atoms with van der Waals surface area (Å²) < 4.78 is 58.0. The lowest BCUT2D eigenvalue weighted by molar-refractivity contribution is -0.210. The van der Waals surface area contributed by atoms with Gasteiger partial charge in [-0.15, -0.1) is 0 Å². The van der Waals surface area contributed by atoms with Crippen LogP contribution in [-0.2, 0) is 16.6 Å². The van der Waals surface area contributed by atoms with Crippen LogP contribution in [0.5, 0.6) is 0 Å². The lowest BCUT2D eigenvalue weighted by Gasteiger charge is -2.37. The summed E-state index contributed by atoms with van der Waals surface area (Å²) in [5.41, 5.74) is 1.89. The van der Waals surface area contributed by atoms with E-state index in [0.29, 0.717) is 12.8 Å². The van der Waals surface area contributed by atoms with Crippen molar-refractivity contribution in [3.05, 3.63) is 62.3 Å². The van der Waals surface area contributed by atoms with Crippen molar-refractivity contribution in [2.75, 3.05) is 11.4 Å². The Morgan fingerprint density at radius 2 is 1.73 bits per heavy atom. The molecule has 2 unspecified atom stereocenters. The third kappa shape index (κ3) is 3.95. The molecular weight excluding hydrogens is 507 g/mol. The molecule has 1 saturated heterocycles. The molecule has 2 aromatic rings. The number of alkyl halides is 3. The molecule has 178 valence electrons. The van der Waals surface area contributed by atoms with Crippen molar-refractivity contribution in [3.63, 3.8) is 0 Å². The first-order valence-electron chi connectivity index (χ1n) is 10.1. The summed E-state index contributed by atoms with van der Waals surface area (Å²) >= 11 is 17.8. The van der Waals surface area contributed by atoms with Crippen molar-refractivity contribution in [1.82, 2.24) is 0 Å². The molecule has 0 radical (unpaired) electrons.